The Kier molecular flexibility index (Phi) is 4.03. The zero-order chi connectivity index (χ0) is 21.0. The number of rotatable bonds is 2. The molecule has 2 aromatic rings. The van der Waals surface area contributed by atoms with Crippen molar-refractivity contribution in [3.63, 3.8) is 0 Å². The van der Waals surface area contributed by atoms with Gasteiger partial charge in [0.05, 0.1) is 0 Å². The predicted molar refractivity (Wildman–Crippen MR) is 113 cm³/mol. The van der Waals surface area contributed by atoms with Crippen molar-refractivity contribution in [1.29, 1.82) is 0 Å². The maximum Gasteiger partial charge on any atom is 0.319 e. The highest BCUT2D eigenvalue weighted by Crippen LogP contribution is 2.55. The molecule has 2 aromatic carbocycles. The number of benzene rings is 2. The second kappa shape index (κ2) is 6.80. The highest BCUT2D eigenvalue weighted by molar-refractivity contribution is 6.12. The second-order valence-corrected chi connectivity index (χ2v) is 8.45. The summed E-state index contributed by atoms with van der Waals surface area (Å²) in [4.78, 5) is 26.0. The lowest BCUT2D eigenvalue weighted by Gasteiger charge is -2.25. The molecular weight excluding hydrogens is 398 g/mol. The number of amides is 3. The first kappa shape index (κ1) is 18.4. The fourth-order valence-corrected chi connectivity index (χ4v) is 5.16. The average molecular weight is 421 g/mol. The van der Waals surface area contributed by atoms with Crippen molar-refractivity contribution in [1.82, 2.24) is 5.32 Å². The van der Waals surface area contributed by atoms with Crippen molar-refractivity contribution in [2.75, 3.05) is 30.5 Å². The van der Waals surface area contributed by atoms with Crippen LogP contribution in [0, 0.1) is 0 Å². The molecule has 3 amide bonds. The van der Waals surface area contributed by atoms with Crippen LogP contribution in [0.3, 0.4) is 0 Å². The van der Waals surface area contributed by atoms with Gasteiger partial charge in [0, 0.05) is 34.6 Å². The third kappa shape index (κ3) is 2.74. The Labute approximate surface area is 179 Å². The highest BCUT2D eigenvalue weighted by Gasteiger charge is 2.55. The molecule has 8 nitrogen and oxygen atoms in total. The number of fused-ring (bicyclic) bond motifs is 5. The van der Waals surface area contributed by atoms with E-state index >= 15 is 0 Å². The molecule has 0 radical (unpaired) electrons. The van der Waals surface area contributed by atoms with E-state index in [-0.39, 0.29) is 24.6 Å². The minimum absolute atomic E-state index is 0.146. The Balaban J connectivity index is 1.41. The molecule has 4 aliphatic rings. The Bertz CT molecular complexity index is 1090. The first-order valence-corrected chi connectivity index (χ1v) is 10.7. The zero-order valence-corrected chi connectivity index (χ0v) is 17.0. The standard InChI is InChI=1S/C23H23N3O5/c27-21-23(12-31-17-11-19-18(10-14(17)23)29-8-9-30-19)20-15(25-21)6-3-7-16(20)26-22(28)24-13-4-1-2-5-13/h3,6-7,10-11,13H,1-2,4-5,8-9,12H2,(H,25,27)(H2,24,26,28). The third-order valence-corrected chi connectivity index (χ3v) is 6.61. The fourth-order valence-electron chi connectivity index (χ4n) is 5.16. The minimum atomic E-state index is -1.06. The first-order chi connectivity index (χ1) is 15.1. The SMILES string of the molecule is O=C(Nc1cccc2c1C1(COc3cc4c(cc31)OCCO4)C(=O)N2)NC1CCCC1. The smallest absolute Gasteiger partial charge is 0.319 e. The summed E-state index contributed by atoms with van der Waals surface area (Å²) in [6, 6.07) is 9.06. The lowest BCUT2D eigenvalue weighted by molar-refractivity contribution is -0.119. The van der Waals surface area contributed by atoms with E-state index in [1.54, 1.807) is 6.07 Å². The molecular formula is C23H23N3O5. The molecule has 1 aliphatic carbocycles. The minimum Gasteiger partial charge on any atom is -0.491 e. The van der Waals surface area contributed by atoms with Crippen LogP contribution in [0.25, 0.3) is 0 Å². The number of nitrogens with one attached hydrogen (secondary N) is 3. The second-order valence-electron chi connectivity index (χ2n) is 8.45. The number of urea groups is 1. The van der Waals surface area contributed by atoms with Crippen LogP contribution in [-0.2, 0) is 10.2 Å². The largest absolute Gasteiger partial charge is 0.491 e. The summed E-state index contributed by atoms with van der Waals surface area (Å²) in [5.41, 5.74) is 1.65. The predicted octanol–water partition coefficient (Wildman–Crippen LogP) is 3.15. The van der Waals surface area contributed by atoms with Crippen molar-refractivity contribution in [2.24, 2.45) is 0 Å². The topological polar surface area (TPSA) is 97.9 Å². The summed E-state index contributed by atoms with van der Waals surface area (Å²) in [5, 5.41) is 9.00. The Morgan fingerprint density at radius 2 is 1.81 bits per heavy atom. The number of anilines is 2. The van der Waals surface area contributed by atoms with E-state index in [0.717, 1.165) is 36.8 Å². The maximum atomic E-state index is 13.3. The van der Waals surface area contributed by atoms with Crippen molar-refractivity contribution in [3.8, 4) is 17.2 Å². The summed E-state index contributed by atoms with van der Waals surface area (Å²) in [7, 11) is 0. The quantitative estimate of drug-likeness (QED) is 0.692. The molecule has 3 N–H and O–H groups in total. The van der Waals surface area contributed by atoms with Crippen LogP contribution in [-0.4, -0.2) is 37.8 Å². The molecule has 160 valence electrons. The van der Waals surface area contributed by atoms with Gasteiger partial charge in [0.15, 0.2) is 11.5 Å². The summed E-state index contributed by atoms with van der Waals surface area (Å²) >= 11 is 0. The molecule has 1 fully saturated rings. The van der Waals surface area contributed by atoms with Crippen LogP contribution in [0.5, 0.6) is 17.2 Å². The Hall–Kier alpha value is -3.42. The molecule has 0 bridgehead atoms. The average Bonchev–Trinajstić information content (AvgIpc) is 3.47. The van der Waals surface area contributed by atoms with Gasteiger partial charge >= 0.3 is 6.03 Å². The van der Waals surface area contributed by atoms with E-state index in [2.05, 4.69) is 16.0 Å². The molecule has 1 unspecified atom stereocenters. The maximum absolute atomic E-state index is 13.3. The number of hydrogen-bond acceptors (Lipinski definition) is 5. The molecule has 3 heterocycles. The summed E-state index contributed by atoms with van der Waals surface area (Å²) in [5.74, 6) is 1.63. The normalized spacial score (nSPS) is 23.2. The highest BCUT2D eigenvalue weighted by atomic mass is 16.6. The summed E-state index contributed by atoms with van der Waals surface area (Å²) in [6.07, 6.45) is 4.27. The van der Waals surface area contributed by atoms with Crippen LogP contribution in [0.2, 0.25) is 0 Å². The molecule has 0 saturated heterocycles. The van der Waals surface area contributed by atoms with E-state index in [9.17, 15) is 9.59 Å². The molecule has 1 saturated carbocycles. The molecule has 1 spiro atoms. The van der Waals surface area contributed by atoms with Crippen molar-refractivity contribution >= 4 is 23.3 Å². The number of carbonyl (C=O) groups excluding carboxylic acids is 2. The molecule has 8 heteroatoms. The fraction of sp³-hybridized carbons (Fsp3) is 0.391. The van der Waals surface area contributed by atoms with Gasteiger partial charge in [0.25, 0.3) is 0 Å². The van der Waals surface area contributed by atoms with Gasteiger partial charge in [-0.3, -0.25) is 4.79 Å². The van der Waals surface area contributed by atoms with Gasteiger partial charge < -0.3 is 30.2 Å². The van der Waals surface area contributed by atoms with Crippen LogP contribution >= 0.6 is 0 Å². The van der Waals surface area contributed by atoms with Gasteiger partial charge in [0.1, 0.15) is 31.0 Å². The van der Waals surface area contributed by atoms with Crippen molar-refractivity contribution < 1.29 is 23.8 Å². The van der Waals surface area contributed by atoms with Crippen LogP contribution in [0.1, 0.15) is 36.8 Å². The van der Waals surface area contributed by atoms with Crippen LogP contribution < -0.4 is 30.2 Å². The Morgan fingerprint density at radius 1 is 1.03 bits per heavy atom. The lowest BCUT2D eigenvalue weighted by atomic mass is 9.76. The van der Waals surface area contributed by atoms with Crippen LogP contribution in [0.15, 0.2) is 30.3 Å². The third-order valence-electron chi connectivity index (χ3n) is 6.61. The van der Waals surface area contributed by atoms with Gasteiger partial charge in [-0.15, -0.1) is 0 Å². The molecule has 0 aromatic heterocycles. The van der Waals surface area contributed by atoms with Gasteiger partial charge in [0.2, 0.25) is 5.91 Å². The van der Waals surface area contributed by atoms with E-state index in [1.165, 1.54) is 0 Å². The zero-order valence-electron chi connectivity index (χ0n) is 17.0. The number of hydrogen-bond donors (Lipinski definition) is 3. The van der Waals surface area contributed by atoms with Gasteiger partial charge in [-0.2, -0.15) is 0 Å². The van der Waals surface area contributed by atoms with Crippen molar-refractivity contribution in [2.45, 2.75) is 37.1 Å². The van der Waals surface area contributed by atoms with E-state index in [1.807, 2.05) is 24.3 Å². The van der Waals surface area contributed by atoms with Crippen molar-refractivity contribution in [3.05, 3.63) is 41.5 Å². The number of ether oxygens (including phenoxy) is 3. The van der Waals surface area contributed by atoms with E-state index in [4.69, 9.17) is 14.2 Å². The van der Waals surface area contributed by atoms with Crippen LogP contribution in [0.4, 0.5) is 16.2 Å². The monoisotopic (exact) mass is 421 g/mol. The first-order valence-electron chi connectivity index (χ1n) is 10.7. The molecule has 6 rings (SSSR count). The molecule has 1 atom stereocenters. The Morgan fingerprint density at radius 3 is 2.61 bits per heavy atom. The lowest BCUT2D eigenvalue weighted by Crippen LogP contribution is -2.39. The summed E-state index contributed by atoms with van der Waals surface area (Å²) in [6.45, 7) is 1.08. The van der Waals surface area contributed by atoms with Gasteiger partial charge in [-0.05, 0) is 31.0 Å². The molecule has 31 heavy (non-hydrogen) atoms. The van der Waals surface area contributed by atoms with E-state index < -0.39 is 5.41 Å². The van der Waals surface area contributed by atoms with Gasteiger partial charge in [-0.1, -0.05) is 18.9 Å². The summed E-state index contributed by atoms with van der Waals surface area (Å²) < 4.78 is 17.4. The molecule has 3 aliphatic heterocycles. The van der Waals surface area contributed by atoms with Gasteiger partial charge in [-0.25, -0.2) is 4.79 Å². The number of carbonyl (C=O) groups is 2. The van der Waals surface area contributed by atoms with E-state index in [0.29, 0.717) is 41.8 Å².